The van der Waals surface area contributed by atoms with E-state index in [0.29, 0.717) is 16.8 Å². The average molecular weight is 400 g/mol. The Morgan fingerprint density at radius 3 is 2.30 bits per heavy atom. The van der Waals surface area contributed by atoms with Crippen molar-refractivity contribution in [2.24, 2.45) is 0 Å². The first-order valence-electron chi connectivity index (χ1n) is 10.0. The second-order valence-corrected chi connectivity index (χ2v) is 7.53. The highest BCUT2D eigenvalue weighted by atomic mass is 16.2. The molecule has 2 aliphatic heterocycles. The molecule has 0 atom stereocenters. The predicted molar refractivity (Wildman–Crippen MR) is 111 cm³/mol. The first-order chi connectivity index (χ1) is 14.6. The van der Waals surface area contributed by atoms with Crippen molar-refractivity contribution in [3.63, 3.8) is 0 Å². The van der Waals surface area contributed by atoms with Gasteiger partial charge in [0.2, 0.25) is 5.91 Å². The molecule has 3 heterocycles. The number of aromatic nitrogens is 2. The van der Waals surface area contributed by atoms with E-state index in [9.17, 15) is 14.4 Å². The Bertz CT molecular complexity index is 1120. The van der Waals surface area contributed by atoms with Crippen molar-refractivity contribution < 1.29 is 14.4 Å². The van der Waals surface area contributed by atoms with E-state index in [4.69, 9.17) is 4.98 Å². The summed E-state index contributed by atoms with van der Waals surface area (Å²) in [6.45, 7) is 0.622. The molecule has 0 saturated carbocycles. The quantitative estimate of drug-likeness (QED) is 0.682. The Balaban J connectivity index is 1.36. The molecule has 0 radical (unpaired) electrons. The molecule has 0 saturated heterocycles. The van der Waals surface area contributed by atoms with E-state index in [1.54, 1.807) is 30.3 Å². The molecule has 2 aromatic carbocycles. The summed E-state index contributed by atoms with van der Waals surface area (Å²) in [4.78, 5) is 43.4. The summed E-state index contributed by atoms with van der Waals surface area (Å²) in [7, 11) is 0. The van der Waals surface area contributed by atoms with Crippen molar-refractivity contribution in [1.82, 2.24) is 14.5 Å². The molecule has 3 aromatic rings. The van der Waals surface area contributed by atoms with Gasteiger partial charge in [0.1, 0.15) is 12.4 Å². The topological polar surface area (TPSA) is 84.3 Å². The van der Waals surface area contributed by atoms with Crippen LogP contribution < -0.4 is 5.32 Å². The molecule has 150 valence electrons. The molecule has 30 heavy (non-hydrogen) atoms. The number of fused-ring (bicyclic) bond motifs is 2. The van der Waals surface area contributed by atoms with Crippen LogP contribution in [-0.2, 0) is 17.8 Å². The maximum Gasteiger partial charge on any atom is 0.262 e. The van der Waals surface area contributed by atoms with E-state index < -0.39 is 17.7 Å². The smallest absolute Gasteiger partial charge is 0.262 e. The fourth-order valence-electron chi connectivity index (χ4n) is 4.07. The number of nitrogens with zero attached hydrogens (tertiary/aromatic N) is 3. The molecule has 0 fully saturated rings. The number of rotatable bonds is 4. The van der Waals surface area contributed by atoms with Gasteiger partial charge in [-0.25, -0.2) is 4.98 Å². The third kappa shape index (κ3) is 3.08. The van der Waals surface area contributed by atoms with Crippen molar-refractivity contribution in [2.75, 3.05) is 11.9 Å². The zero-order valence-electron chi connectivity index (χ0n) is 16.3. The second kappa shape index (κ2) is 7.26. The van der Waals surface area contributed by atoms with Crippen LogP contribution in [0, 0.1) is 0 Å². The van der Waals surface area contributed by atoms with Gasteiger partial charge < -0.3 is 9.88 Å². The van der Waals surface area contributed by atoms with Crippen LogP contribution in [0.2, 0.25) is 0 Å². The number of anilines is 1. The third-order valence-electron chi connectivity index (χ3n) is 5.57. The molecule has 0 unspecified atom stereocenters. The minimum absolute atomic E-state index is 0.333. The predicted octanol–water partition coefficient (Wildman–Crippen LogP) is 3.12. The summed E-state index contributed by atoms with van der Waals surface area (Å²) in [5.74, 6) is -0.258. The van der Waals surface area contributed by atoms with Crippen LogP contribution in [-0.4, -0.2) is 38.7 Å². The molecule has 7 heteroatoms. The number of amides is 3. The number of nitrogens with one attached hydrogen (secondary N) is 1. The Kier molecular flexibility index (Phi) is 4.43. The fraction of sp³-hybridized carbons (Fsp3) is 0.217. The van der Waals surface area contributed by atoms with Crippen LogP contribution >= 0.6 is 0 Å². The second-order valence-electron chi connectivity index (χ2n) is 7.53. The highest BCUT2D eigenvalue weighted by molar-refractivity contribution is 6.22. The lowest BCUT2D eigenvalue weighted by atomic mass is 10.1. The lowest BCUT2D eigenvalue weighted by Gasteiger charge is -2.15. The molecule has 2 aliphatic rings. The largest absolute Gasteiger partial charge is 0.334 e. The molecular weight excluding hydrogens is 380 g/mol. The number of para-hydroxylation sites is 1. The molecule has 1 N–H and O–H groups in total. The molecule has 5 rings (SSSR count). The minimum atomic E-state index is -0.444. The standard InChI is InChI=1S/C23H20N4O3/c28-21(14-27-22(29)15-7-1-2-8-16(15)23(27)30)25-18-10-4-3-9-17(18)19-13-26-12-6-5-11-20(26)24-19/h1-4,7-10,13H,5-6,11-12,14H2,(H,25,28). The number of aryl methyl sites for hydroxylation is 2. The normalized spacial score (nSPS) is 15.1. The molecule has 0 spiro atoms. The van der Waals surface area contributed by atoms with Gasteiger partial charge in [0, 0.05) is 24.7 Å². The van der Waals surface area contributed by atoms with Gasteiger partial charge in [-0.15, -0.1) is 0 Å². The highest BCUT2D eigenvalue weighted by Gasteiger charge is 2.36. The van der Waals surface area contributed by atoms with Gasteiger partial charge in [-0.3, -0.25) is 19.3 Å². The number of benzene rings is 2. The molecule has 7 nitrogen and oxygen atoms in total. The Labute approximate surface area is 173 Å². The van der Waals surface area contributed by atoms with Gasteiger partial charge in [-0.05, 0) is 31.0 Å². The van der Waals surface area contributed by atoms with Gasteiger partial charge in [0.15, 0.2) is 0 Å². The van der Waals surface area contributed by atoms with Crippen molar-refractivity contribution in [3.05, 3.63) is 71.7 Å². The van der Waals surface area contributed by atoms with Crippen LogP contribution in [0.3, 0.4) is 0 Å². The number of imidazole rings is 1. The third-order valence-corrected chi connectivity index (χ3v) is 5.57. The molecule has 0 bridgehead atoms. The first kappa shape index (κ1) is 18.3. The average Bonchev–Trinajstić information content (AvgIpc) is 3.30. The van der Waals surface area contributed by atoms with Crippen molar-refractivity contribution in [3.8, 4) is 11.3 Å². The van der Waals surface area contributed by atoms with E-state index in [1.807, 2.05) is 24.4 Å². The molecular formula is C23H20N4O3. The molecule has 3 amide bonds. The Morgan fingerprint density at radius 1 is 0.933 bits per heavy atom. The van der Waals surface area contributed by atoms with E-state index in [1.165, 1.54) is 0 Å². The van der Waals surface area contributed by atoms with E-state index in [-0.39, 0.29) is 6.54 Å². The number of hydrogen-bond donors (Lipinski definition) is 1. The summed E-state index contributed by atoms with van der Waals surface area (Å²) in [6.07, 6.45) is 5.24. The van der Waals surface area contributed by atoms with Crippen molar-refractivity contribution in [1.29, 1.82) is 0 Å². The van der Waals surface area contributed by atoms with Crippen molar-refractivity contribution in [2.45, 2.75) is 25.8 Å². The highest BCUT2D eigenvalue weighted by Crippen LogP contribution is 2.29. The zero-order chi connectivity index (χ0) is 20.7. The summed E-state index contributed by atoms with van der Waals surface area (Å²) >= 11 is 0. The SMILES string of the molecule is O=C(CN1C(=O)c2ccccc2C1=O)Nc1ccccc1-c1cn2c(n1)CCCC2. The van der Waals surface area contributed by atoms with Gasteiger partial charge >= 0.3 is 0 Å². The van der Waals surface area contributed by atoms with Gasteiger partial charge in [0.25, 0.3) is 11.8 Å². The van der Waals surface area contributed by atoms with E-state index in [0.717, 1.165) is 47.8 Å². The fourth-order valence-corrected chi connectivity index (χ4v) is 4.07. The lowest BCUT2D eigenvalue weighted by molar-refractivity contribution is -0.116. The number of carbonyl (C=O) groups excluding carboxylic acids is 3. The summed E-state index contributed by atoms with van der Waals surface area (Å²) in [5, 5.41) is 2.85. The number of imide groups is 1. The summed E-state index contributed by atoms with van der Waals surface area (Å²) in [5.41, 5.74) is 2.90. The summed E-state index contributed by atoms with van der Waals surface area (Å²) < 4.78 is 2.16. The summed E-state index contributed by atoms with van der Waals surface area (Å²) in [6, 6.07) is 14.0. The lowest BCUT2D eigenvalue weighted by Crippen LogP contribution is -2.37. The monoisotopic (exact) mass is 400 g/mol. The number of carbonyl (C=O) groups is 3. The van der Waals surface area contributed by atoms with Crippen LogP contribution in [0.4, 0.5) is 5.69 Å². The molecule has 0 aliphatic carbocycles. The van der Waals surface area contributed by atoms with Crippen LogP contribution in [0.25, 0.3) is 11.3 Å². The van der Waals surface area contributed by atoms with Gasteiger partial charge in [-0.1, -0.05) is 30.3 Å². The van der Waals surface area contributed by atoms with Crippen molar-refractivity contribution >= 4 is 23.4 Å². The van der Waals surface area contributed by atoms with E-state index in [2.05, 4.69) is 9.88 Å². The Morgan fingerprint density at radius 2 is 1.60 bits per heavy atom. The maximum atomic E-state index is 12.7. The maximum absolute atomic E-state index is 12.7. The van der Waals surface area contributed by atoms with Crippen LogP contribution in [0.15, 0.2) is 54.7 Å². The molecule has 1 aromatic heterocycles. The Hall–Kier alpha value is -3.74. The van der Waals surface area contributed by atoms with E-state index >= 15 is 0 Å². The van der Waals surface area contributed by atoms with Crippen LogP contribution in [0.5, 0.6) is 0 Å². The number of hydrogen-bond acceptors (Lipinski definition) is 4. The zero-order valence-corrected chi connectivity index (χ0v) is 16.3. The van der Waals surface area contributed by atoms with Gasteiger partial charge in [0.05, 0.1) is 22.5 Å². The van der Waals surface area contributed by atoms with Gasteiger partial charge in [-0.2, -0.15) is 0 Å². The first-order valence-corrected chi connectivity index (χ1v) is 10.0. The minimum Gasteiger partial charge on any atom is -0.334 e. The van der Waals surface area contributed by atoms with Crippen LogP contribution in [0.1, 0.15) is 39.4 Å².